The van der Waals surface area contributed by atoms with Crippen LogP contribution in [0.15, 0.2) is 58.6 Å². The van der Waals surface area contributed by atoms with Gasteiger partial charge in [-0.1, -0.05) is 49.3 Å². The van der Waals surface area contributed by atoms with E-state index in [4.69, 9.17) is 26.1 Å². The molecule has 0 saturated carbocycles. The van der Waals surface area contributed by atoms with Crippen LogP contribution in [0.1, 0.15) is 50.0 Å². The Hall–Kier alpha value is -2.35. The van der Waals surface area contributed by atoms with Crippen molar-refractivity contribution < 1.29 is 14.3 Å². The van der Waals surface area contributed by atoms with Crippen molar-refractivity contribution in [1.29, 1.82) is 0 Å². The minimum atomic E-state index is -0.350. The number of pyridine rings is 1. The Kier molecular flexibility index (Phi) is 8.51. The zero-order valence-electron chi connectivity index (χ0n) is 17.8. The molecule has 1 unspecified atom stereocenters. The first-order chi connectivity index (χ1) is 14.9. The van der Waals surface area contributed by atoms with E-state index in [0.717, 1.165) is 27.1 Å². The molecule has 1 aromatic carbocycles. The maximum absolute atomic E-state index is 11.1. The van der Waals surface area contributed by atoms with Gasteiger partial charge in [0.15, 0.2) is 0 Å². The molecule has 6 nitrogen and oxygen atoms in total. The summed E-state index contributed by atoms with van der Waals surface area (Å²) in [5.41, 5.74) is 1.93. The Balaban J connectivity index is 1.84. The van der Waals surface area contributed by atoms with Gasteiger partial charge in [0, 0.05) is 35.2 Å². The fourth-order valence-corrected chi connectivity index (χ4v) is 4.32. The van der Waals surface area contributed by atoms with Gasteiger partial charge in [-0.25, -0.2) is 4.98 Å². The Bertz CT molecular complexity index is 995. The molecular weight excluding hydrogens is 434 g/mol. The summed E-state index contributed by atoms with van der Waals surface area (Å²) < 4.78 is 11.1. The molecule has 2 aromatic heterocycles. The molecule has 0 bridgehead atoms. The second-order valence-electron chi connectivity index (χ2n) is 7.28. The van der Waals surface area contributed by atoms with Crippen molar-refractivity contribution in [3.63, 3.8) is 0 Å². The molecule has 0 amide bonds. The molecule has 0 aliphatic rings. The number of carbonyl (C=O) groups excluding carboxylic acids is 1. The first-order valence-corrected chi connectivity index (χ1v) is 11.3. The second-order valence-corrected chi connectivity index (χ2v) is 8.78. The highest BCUT2D eigenvalue weighted by Crippen LogP contribution is 2.35. The Morgan fingerprint density at radius 1 is 1.19 bits per heavy atom. The van der Waals surface area contributed by atoms with Crippen LogP contribution in [0.5, 0.6) is 0 Å². The Morgan fingerprint density at radius 2 is 2.03 bits per heavy atom. The lowest BCUT2D eigenvalue weighted by atomic mass is 10.1. The zero-order chi connectivity index (χ0) is 22.2. The summed E-state index contributed by atoms with van der Waals surface area (Å²) in [5.74, 6) is 0.645. The van der Waals surface area contributed by atoms with Crippen LogP contribution in [-0.2, 0) is 20.7 Å². The summed E-state index contributed by atoms with van der Waals surface area (Å²) in [6.45, 7) is 6.08. The molecule has 0 aliphatic heterocycles. The molecule has 3 aromatic rings. The highest BCUT2D eigenvalue weighted by Gasteiger charge is 2.22. The van der Waals surface area contributed by atoms with Gasteiger partial charge in [0.25, 0.3) is 0 Å². The van der Waals surface area contributed by atoms with Crippen LogP contribution in [0.2, 0.25) is 5.02 Å². The highest BCUT2D eigenvalue weighted by atomic mass is 35.5. The number of H-pyrrole nitrogens is 1. The van der Waals surface area contributed by atoms with Crippen LogP contribution in [0.25, 0.3) is 0 Å². The number of nitrogens with zero attached hydrogens (tertiary/aromatic N) is 2. The van der Waals surface area contributed by atoms with E-state index >= 15 is 0 Å². The summed E-state index contributed by atoms with van der Waals surface area (Å²) in [5, 5.41) is 1.58. The first kappa shape index (κ1) is 23.3. The van der Waals surface area contributed by atoms with Gasteiger partial charge in [-0.05, 0) is 36.2 Å². The van der Waals surface area contributed by atoms with Crippen molar-refractivity contribution in [3.8, 4) is 0 Å². The van der Waals surface area contributed by atoms with Crippen molar-refractivity contribution in [3.05, 3.63) is 70.9 Å². The monoisotopic (exact) mass is 459 g/mol. The first-order valence-electron chi connectivity index (χ1n) is 10.1. The summed E-state index contributed by atoms with van der Waals surface area (Å²) in [6, 6.07) is 13.5. The van der Waals surface area contributed by atoms with Crippen LogP contribution in [-0.4, -0.2) is 34.1 Å². The van der Waals surface area contributed by atoms with Gasteiger partial charge in [0.2, 0.25) is 0 Å². The Morgan fingerprint density at radius 3 is 2.71 bits per heavy atom. The van der Waals surface area contributed by atoms with Gasteiger partial charge in [-0.15, -0.1) is 0 Å². The van der Waals surface area contributed by atoms with Crippen LogP contribution in [0, 0.1) is 0 Å². The van der Waals surface area contributed by atoms with Gasteiger partial charge < -0.3 is 14.5 Å². The number of hydrogen-bond acceptors (Lipinski definition) is 6. The molecule has 164 valence electrons. The maximum atomic E-state index is 11.1. The van der Waals surface area contributed by atoms with Crippen molar-refractivity contribution in [2.75, 3.05) is 13.2 Å². The SMILES string of the molecule is CC(=O)OCCOC(Cc1ccccn1)c1nc(Sc2cccc(Cl)c2)c(C(C)C)[nH]1. The third kappa shape index (κ3) is 7.09. The normalized spacial score (nSPS) is 12.2. The number of aromatic nitrogens is 3. The largest absolute Gasteiger partial charge is 0.463 e. The fourth-order valence-electron chi connectivity index (χ4n) is 2.97. The average molecular weight is 460 g/mol. The van der Waals surface area contributed by atoms with E-state index < -0.39 is 0 Å². The number of imidazole rings is 1. The molecule has 8 heteroatoms. The number of hydrogen-bond donors (Lipinski definition) is 1. The molecule has 3 rings (SSSR count). The molecule has 1 atom stereocenters. The number of rotatable bonds is 10. The summed E-state index contributed by atoms with van der Waals surface area (Å²) >= 11 is 7.71. The van der Waals surface area contributed by atoms with Gasteiger partial charge in [-0.2, -0.15) is 0 Å². The molecule has 0 saturated heterocycles. The van der Waals surface area contributed by atoms with Crippen LogP contribution < -0.4 is 0 Å². The molecule has 0 aliphatic carbocycles. The van der Waals surface area contributed by atoms with Crippen molar-refractivity contribution in [1.82, 2.24) is 15.0 Å². The molecular formula is C23H26ClN3O3S. The lowest BCUT2D eigenvalue weighted by molar-refractivity contribution is -0.143. The lowest BCUT2D eigenvalue weighted by Gasteiger charge is -2.15. The number of nitrogens with one attached hydrogen (secondary N) is 1. The van der Waals surface area contributed by atoms with Crippen molar-refractivity contribution >= 4 is 29.3 Å². The standard InChI is InChI=1S/C23H26ClN3O3S/c1-15(2)21-23(31-19-9-6-7-17(24)13-19)27-22(26-21)20(30-12-11-29-16(3)28)14-18-8-4-5-10-25-18/h4-10,13,15,20H,11-12,14H2,1-3H3,(H,26,27). The molecule has 0 fully saturated rings. The molecule has 1 N–H and O–H groups in total. The van der Waals surface area contributed by atoms with Crippen LogP contribution in [0.3, 0.4) is 0 Å². The van der Waals surface area contributed by atoms with Crippen molar-refractivity contribution in [2.24, 2.45) is 0 Å². The molecule has 0 radical (unpaired) electrons. The van der Waals surface area contributed by atoms with Gasteiger partial charge >= 0.3 is 5.97 Å². The Labute approximate surface area is 191 Å². The lowest BCUT2D eigenvalue weighted by Crippen LogP contribution is -2.15. The summed E-state index contributed by atoms with van der Waals surface area (Å²) in [6.07, 6.45) is 1.96. The number of aromatic amines is 1. The number of halogens is 1. The number of esters is 1. The van der Waals surface area contributed by atoms with Crippen LogP contribution in [0.4, 0.5) is 0 Å². The second kappa shape index (κ2) is 11.3. The van der Waals surface area contributed by atoms with E-state index in [9.17, 15) is 4.79 Å². The van der Waals surface area contributed by atoms with Crippen LogP contribution >= 0.6 is 23.4 Å². The predicted molar refractivity (Wildman–Crippen MR) is 122 cm³/mol. The quantitative estimate of drug-likeness (QED) is 0.314. The van der Waals surface area contributed by atoms with Gasteiger partial charge in [-0.3, -0.25) is 9.78 Å². The van der Waals surface area contributed by atoms with Gasteiger partial charge in [0.1, 0.15) is 23.6 Å². The predicted octanol–water partition coefficient (Wildman–Crippen LogP) is 5.60. The molecule has 31 heavy (non-hydrogen) atoms. The smallest absolute Gasteiger partial charge is 0.302 e. The molecule has 2 heterocycles. The maximum Gasteiger partial charge on any atom is 0.302 e. The average Bonchev–Trinajstić information content (AvgIpc) is 3.15. The van der Waals surface area contributed by atoms with E-state index in [1.807, 2.05) is 42.5 Å². The van der Waals surface area contributed by atoms with Gasteiger partial charge in [0.05, 0.1) is 12.3 Å². The highest BCUT2D eigenvalue weighted by molar-refractivity contribution is 7.99. The number of ether oxygens (including phenoxy) is 2. The topological polar surface area (TPSA) is 77.1 Å². The third-order valence-corrected chi connectivity index (χ3v) is 5.67. The summed E-state index contributed by atoms with van der Waals surface area (Å²) in [4.78, 5) is 24.8. The van der Waals surface area contributed by atoms with E-state index in [0.29, 0.717) is 11.4 Å². The van der Waals surface area contributed by atoms with E-state index in [2.05, 4.69) is 23.8 Å². The minimum absolute atomic E-state index is 0.190. The zero-order valence-corrected chi connectivity index (χ0v) is 19.4. The fraction of sp³-hybridized carbons (Fsp3) is 0.348. The third-order valence-electron chi connectivity index (χ3n) is 4.44. The number of carbonyl (C=O) groups is 1. The van der Waals surface area contributed by atoms with Crippen molar-refractivity contribution in [2.45, 2.75) is 49.1 Å². The summed E-state index contributed by atoms with van der Waals surface area (Å²) in [7, 11) is 0. The van der Waals surface area contributed by atoms with E-state index in [1.165, 1.54) is 6.92 Å². The molecule has 0 spiro atoms. The number of benzene rings is 1. The van der Waals surface area contributed by atoms with E-state index in [1.54, 1.807) is 18.0 Å². The van der Waals surface area contributed by atoms with E-state index in [-0.39, 0.29) is 31.2 Å². The minimum Gasteiger partial charge on any atom is -0.463 e.